The molecule has 1 aromatic rings. The van der Waals surface area contributed by atoms with Crippen LogP contribution in [-0.4, -0.2) is 64.3 Å². The number of amides is 1. The molecule has 2 atom stereocenters. The van der Waals surface area contributed by atoms with E-state index >= 15 is 0 Å². The van der Waals surface area contributed by atoms with Gasteiger partial charge in [-0.25, -0.2) is 0 Å². The predicted octanol–water partition coefficient (Wildman–Crippen LogP) is 2.10. The van der Waals surface area contributed by atoms with Crippen molar-refractivity contribution in [2.24, 2.45) is 0 Å². The monoisotopic (exact) mass is 347 g/mol. The average Bonchev–Trinajstić information content (AvgIpc) is 2.92. The lowest BCUT2D eigenvalue weighted by atomic mass is 9.89. The molecule has 3 rings (SSSR count). The molecule has 2 aliphatic rings. The molecular weight excluding hydrogens is 314 g/mol. The van der Waals surface area contributed by atoms with Crippen LogP contribution in [0.25, 0.3) is 0 Å². The van der Waals surface area contributed by atoms with Crippen molar-refractivity contribution in [3.05, 3.63) is 17.5 Å². The van der Waals surface area contributed by atoms with E-state index in [1.165, 1.54) is 19.3 Å². The van der Waals surface area contributed by atoms with Crippen LogP contribution in [0.5, 0.6) is 0 Å². The molecular formula is C19H33N5O. The summed E-state index contributed by atoms with van der Waals surface area (Å²) in [7, 11) is 2.12. The van der Waals surface area contributed by atoms with Gasteiger partial charge in [0.25, 0.3) is 5.91 Å². The van der Waals surface area contributed by atoms with Crippen LogP contribution in [0.3, 0.4) is 0 Å². The zero-order valence-corrected chi connectivity index (χ0v) is 16.0. The quantitative estimate of drug-likeness (QED) is 0.886. The van der Waals surface area contributed by atoms with Crippen LogP contribution in [0, 0.1) is 0 Å². The number of nitrogens with zero attached hydrogens (tertiary/aromatic N) is 4. The molecule has 0 aromatic carbocycles. The van der Waals surface area contributed by atoms with E-state index in [-0.39, 0.29) is 11.9 Å². The SMILES string of the molecule is CCN(CC)[C@@H]1CCCC[C@H]1NC(=O)c1cc2n(n1)CCCN(C)C2. The van der Waals surface area contributed by atoms with Crippen molar-refractivity contribution in [3.63, 3.8) is 0 Å². The molecule has 0 radical (unpaired) electrons. The largest absolute Gasteiger partial charge is 0.346 e. The summed E-state index contributed by atoms with van der Waals surface area (Å²) in [5, 5.41) is 7.89. The number of hydrogen-bond donors (Lipinski definition) is 1. The molecule has 0 saturated heterocycles. The number of aromatic nitrogens is 2. The minimum absolute atomic E-state index is 0.00715. The molecule has 1 aliphatic heterocycles. The summed E-state index contributed by atoms with van der Waals surface area (Å²) in [5.74, 6) is -0.00715. The third kappa shape index (κ3) is 4.23. The molecule has 1 fully saturated rings. The van der Waals surface area contributed by atoms with Gasteiger partial charge in [0.05, 0.1) is 5.69 Å². The van der Waals surface area contributed by atoms with Gasteiger partial charge in [-0.15, -0.1) is 0 Å². The van der Waals surface area contributed by atoms with E-state index in [9.17, 15) is 4.79 Å². The highest BCUT2D eigenvalue weighted by Crippen LogP contribution is 2.23. The Morgan fingerprint density at radius 1 is 1.24 bits per heavy atom. The van der Waals surface area contributed by atoms with Crippen LogP contribution in [0.15, 0.2) is 6.07 Å². The van der Waals surface area contributed by atoms with Crippen molar-refractivity contribution in [2.45, 2.75) is 71.1 Å². The number of likely N-dealkylation sites (N-methyl/N-ethyl adjacent to an activating group) is 1. The molecule has 1 aromatic heterocycles. The second kappa shape index (κ2) is 8.32. The maximum atomic E-state index is 12.8. The van der Waals surface area contributed by atoms with Crippen LogP contribution in [0.1, 0.15) is 62.1 Å². The number of carbonyl (C=O) groups is 1. The number of aryl methyl sites for hydroxylation is 1. The minimum Gasteiger partial charge on any atom is -0.346 e. The normalized spacial score (nSPS) is 24.8. The maximum Gasteiger partial charge on any atom is 0.272 e. The molecule has 6 nitrogen and oxygen atoms in total. The summed E-state index contributed by atoms with van der Waals surface area (Å²) in [6.45, 7) is 9.35. The molecule has 0 spiro atoms. The molecule has 0 unspecified atom stereocenters. The molecule has 6 heteroatoms. The van der Waals surface area contributed by atoms with Gasteiger partial charge in [0.1, 0.15) is 0 Å². The Morgan fingerprint density at radius 3 is 2.76 bits per heavy atom. The van der Waals surface area contributed by atoms with Crippen molar-refractivity contribution >= 4 is 5.91 Å². The van der Waals surface area contributed by atoms with Crippen molar-refractivity contribution < 1.29 is 4.79 Å². The van der Waals surface area contributed by atoms with Gasteiger partial charge in [0.2, 0.25) is 0 Å². The van der Waals surface area contributed by atoms with Crippen molar-refractivity contribution in [2.75, 3.05) is 26.7 Å². The van der Waals surface area contributed by atoms with E-state index in [2.05, 4.69) is 41.1 Å². The third-order valence-electron chi connectivity index (χ3n) is 5.76. The van der Waals surface area contributed by atoms with Crippen molar-refractivity contribution in [1.29, 1.82) is 0 Å². The highest BCUT2D eigenvalue weighted by atomic mass is 16.2. The Hall–Kier alpha value is -1.40. The van der Waals surface area contributed by atoms with Gasteiger partial charge in [-0.05, 0) is 45.5 Å². The molecule has 1 amide bonds. The molecule has 1 N–H and O–H groups in total. The Labute approximate surface area is 151 Å². The van der Waals surface area contributed by atoms with Crippen molar-refractivity contribution in [3.8, 4) is 0 Å². The summed E-state index contributed by atoms with van der Waals surface area (Å²) in [6, 6.07) is 2.68. The molecule has 1 saturated carbocycles. The smallest absolute Gasteiger partial charge is 0.272 e. The summed E-state index contributed by atoms with van der Waals surface area (Å²) in [5.41, 5.74) is 1.73. The zero-order chi connectivity index (χ0) is 17.8. The van der Waals surface area contributed by atoms with Gasteiger partial charge >= 0.3 is 0 Å². The predicted molar refractivity (Wildman–Crippen MR) is 99.6 cm³/mol. The van der Waals surface area contributed by atoms with Crippen LogP contribution >= 0.6 is 0 Å². The lowest BCUT2D eigenvalue weighted by Gasteiger charge is -2.39. The Morgan fingerprint density at radius 2 is 2.00 bits per heavy atom. The fourth-order valence-corrected chi connectivity index (χ4v) is 4.38. The number of carbonyl (C=O) groups excluding carboxylic acids is 1. The third-order valence-corrected chi connectivity index (χ3v) is 5.76. The van der Waals surface area contributed by atoms with E-state index in [1.807, 2.05) is 10.7 Å². The lowest BCUT2D eigenvalue weighted by Crippen LogP contribution is -2.53. The summed E-state index contributed by atoms with van der Waals surface area (Å²) in [4.78, 5) is 17.6. The Balaban J connectivity index is 1.69. The van der Waals surface area contributed by atoms with Gasteiger partial charge < -0.3 is 10.2 Å². The topological polar surface area (TPSA) is 53.4 Å². The van der Waals surface area contributed by atoms with E-state index in [0.29, 0.717) is 11.7 Å². The first-order chi connectivity index (χ1) is 12.1. The number of fused-ring (bicyclic) bond motifs is 1. The van der Waals surface area contributed by atoms with Crippen molar-refractivity contribution in [1.82, 2.24) is 24.9 Å². The van der Waals surface area contributed by atoms with Crippen LogP contribution in [0.2, 0.25) is 0 Å². The molecule has 2 heterocycles. The van der Waals surface area contributed by atoms with Gasteiger partial charge in [0.15, 0.2) is 5.69 Å². The highest BCUT2D eigenvalue weighted by Gasteiger charge is 2.30. The Kier molecular flexibility index (Phi) is 6.12. The number of hydrogen-bond acceptors (Lipinski definition) is 4. The standard InChI is InChI=1S/C19H33N5O/c1-4-23(5-2)18-10-7-6-9-16(18)20-19(25)17-13-15-14-22(3)11-8-12-24(15)21-17/h13,16,18H,4-12,14H2,1-3H3,(H,20,25)/t16-,18-/m1/s1. The van der Waals surface area contributed by atoms with Gasteiger partial charge in [-0.2, -0.15) is 5.10 Å². The molecule has 140 valence electrons. The number of rotatable bonds is 5. The molecule has 1 aliphatic carbocycles. The average molecular weight is 348 g/mol. The van der Waals surface area contributed by atoms with E-state index in [4.69, 9.17) is 0 Å². The summed E-state index contributed by atoms with van der Waals surface area (Å²) >= 11 is 0. The fraction of sp³-hybridized carbons (Fsp3) is 0.789. The fourth-order valence-electron chi connectivity index (χ4n) is 4.38. The van der Waals surface area contributed by atoms with Gasteiger partial charge in [-0.1, -0.05) is 26.7 Å². The maximum absolute atomic E-state index is 12.8. The first-order valence-electron chi connectivity index (χ1n) is 9.92. The van der Waals surface area contributed by atoms with Crippen LogP contribution in [-0.2, 0) is 13.1 Å². The van der Waals surface area contributed by atoms with E-state index < -0.39 is 0 Å². The molecule has 25 heavy (non-hydrogen) atoms. The van der Waals surface area contributed by atoms with Gasteiger partial charge in [0, 0.05) is 31.7 Å². The van der Waals surface area contributed by atoms with Crippen LogP contribution in [0.4, 0.5) is 0 Å². The lowest BCUT2D eigenvalue weighted by molar-refractivity contribution is 0.0840. The summed E-state index contributed by atoms with van der Waals surface area (Å²) in [6.07, 6.45) is 5.80. The minimum atomic E-state index is -0.00715. The first kappa shape index (κ1) is 18.4. The molecule has 0 bridgehead atoms. The van der Waals surface area contributed by atoms with E-state index in [1.54, 1.807) is 0 Å². The number of nitrogens with one attached hydrogen (secondary N) is 1. The summed E-state index contributed by atoms with van der Waals surface area (Å²) < 4.78 is 2.02. The second-order valence-electron chi connectivity index (χ2n) is 7.49. The van der Waals surface area contributed by atoms with Gasteiger partial charge in [-0.3, -0.25) is 14.4 Å². The second-order valence-corrected chi connectivity index (χ2v) is 7.49. The Bertz CT molecular complexity index is 580. The zero-order valence-electron chi connectivity index (χ0n) is 16.0. The first-order valence-corrected chi connectivity index (χ1v) is 9.92. The van der Waals surface area contributed by atoms with E-state index in [0.717, 1.165) is 51.3 Å². The van der Waals surface area contributed by atoms with Crippen LogP contribution < -0.4 is 5.32 Å². The highest BCUT2D eigenvalue weighted by molar-refractivity contribution is 5.92.